The Balaban J connectivity index is 2.13. The van der Waals surface area contributed by atoms with E-state index in [9.17, 15) is 0 Å². The molecule has 1 fully saturated rings. The van der Waals surface area contributed by atoms with Crippen LogP contribution in [0.1, 0.15) is 38.6 Å². The molecule has 1 aliphatic heterocycles. The summed E-state index contributed by atoms with van der Waals surface area (Å²) in [5.74, 6) is 0.894. The van der Waals surface area contributed by atoms with Crippen LogP contribution in [0.5, 0.6) is 0 Å². The molecule has 0 radical (unpaired) electrons. The van der Waals surface area contributed by atoms with Gasteiger partial charge in [0.2, 0.25) is 0 Å². The van der Waals surface area contributed by atoms with Gasteiger partial charge in [0.05, 0.1) is 18.2 Å². The van der Waals surface area contributed by atoms with E-state index in [0.717, 1.165) is 25.3 Å². The van der Waals surface area contributed by atoms with Gasteiger partial charge in [-0.25, -0.2) is 4.68 Å². The van der Waals surface area contributed by atoms with Crippen LogP contribution in [0, 0.1) is 0 Å². The predicted octanol–water partition coefficient (Wildman–Crippen LogP) is 0.523. The molecule has 2 rings (SSSR count). The minimum Gasteiger partial charge on any atom is -0.375 e. The van der Waals surface area contributed by atoms with E-state index in [0.29, 0.717) is 12.6 Å². The first-order valence-corrected chi connectivity index (χ1v) is 5.68. The lowest BCUT2D eigenvalue weighted by atomic mass is 9.94. The minimum absolute atomic E-state index is 0.0776. The standard InChI is InChI=1S/C10H19N5O/c1-10(2)6-8(4-5-16-10)15-9(7-11-3)12-13-14-15/h8,11H,4-7H2,1-3H3. The fraction of sp³-hybridized carbons (Fsp3) is 0.900. The predicted molar refractivity (Wildman–Crippen MR) is 58.9 cm³/mol. The number of nitrogens with zero attached hydrogens (tertiary/aromatic N) is 4. The molecule has 1 saturated heterocycles. The quantitative estimate of drug-likeness (QED) is 0.812. The molecule has 1 aromatic rings. The van der Waals surface area contributed by atoms with Gasteiger partial charge in [-0.1, -0.05) is 0 Å². The van der Waals surface area contributed by atoms with Gasteiger partial charge in [0, 0.05) is 6.61 Å². The van der Waals surface area contributed by atoms with Crippen molar-refractivity contribution in [2.45, 2.75) is 44.9 Å². The molecule has 0 saturated carbocycles. The van der Waals surface area contributed by atoms with Crippen molar-refractivity contribution in [3.8, 4) is 0 Å². The van der Waals surface area contributed by atoms with Gasteiger partial charge in [-0.3, -0.25) is 0 Å². The Kier molecular flexibility index (Phi) is 3.20. The number of tetrazole rings is 1. The maximum atomic E-state index is 5.70. The van der Waals surface area contributed by atoms with Gasteiger partial charge in [0.1, 0.15) is 0 Å². The number of ether oxygens (including phenoxy) is 1. The van der Waals surface area contributed by atoms with Crippen molar-refractivity contribution in [3.63, 3.8) is 0 Å². The summed E-state index contributed by atoms with van der Waals surface area (Å²) in [6, 6.07) is 0.349. The summed E-state index contributed by atoms with van der Waals surface area (Å²) in [4.78, 5) is 0. The molecule has 2 heterocycles. The van der Waals surface area contributed by atoms with E-state index in [1.165, 1.54) is 0 Å². The van der Waals surface area contributed by atoms with Crippen molar-refractivity contribution in [1.82, 2.24) is 25.5 Å². The second kappa shape index (κ2) is 4.47. The highest BCUT2D eigenvalue weighted by molar-refractivity contribution is 4.88. The normalized spacial score (nSPS) is 24.6. The molecule has 0 spiro atoms. The lowest BCUT2D eigenvalue weighted by Crippen LogP contribution is -2.36. The zero-order valence-electron chi connectivity index (χ0n) is 10.1. The molecule has 0 amide bonds. The zero-order valence-corrected chi connectivity index (χ0v) is 10.1. The molecule has 1 aromatic heterocycles. The summed E-state index contributed by atoms with van der Waals surface area (Å²) in [6.07, 6.45) is 1.93. The molecule has 1 unspecified atom stereocenters. The first kappa shape index (κ1) is 11.5. The molecule has 16 heavy (non-hydrogen) atoms. The number of rotatable bonds is 3. The molecule has 1 atom stereocenters. The van der Waals surface area contributed by atoms with E-state index < -0.39 is 0 Å². The topological polar surface area (TPSA) is 64.9 Å². The van der Waals surface area contributed by atoms with Crippen LogP contribution < -0.4 is 5.32 Å². The molecule has 1 N–H and O–H groups in total. The highest BCUT2D eigenvalue weighted by Crippen LogP contribution is 2.31. The van der Waals surface area contributed by atoms with Gasteiger partial charge in [-0.2, -0.15) is 0 Å². The lowest BCUT2D eigenvalue weighted by molar-refractivity contribution is -0.0714. The van der Waals surface area contributed by atoms with Crippen molar-refractivity contribution in [2.75, 3.05) is 13.7 Å². The SMILES string of the molecule is CNCc1nnnn1C1CCOC(C)(C)C1. The Labute approximate surface area is 95.4 Å². The smallest absolute Gasteiger partial charge is 0.165 e. The highest BCUT2D eigenvalue weighted by atomic mass is 16.5. The van der Waals surface area contributed by atoms with Gasteiger partial charge in [0.25, 0.3) is 0 Å². The van der Waals surface area contributed by atoms with Crippen molar-refractivity contribution in [1.29, 1.82) is 0 Å². The highest BCUT2D eigenvalue weighted by Gasteiger charge is 2.31. The maximum absolute atomic E-state index is 5.70. The molecule has 6 heteroatoms. The number of hydrogen-bond donors (Lipinski definition) is 1. The van der Waals surface area contributed by atoms with E-state index in [2.05, 4.69) is 34.7 Å². The van der Waals surface area contributed by atoms with Crippen molar-refractivity contribution in [3.05, 3.63) is 5.82 Å². The minimum atomic E-state index is -0.0776. The molecule has 0 bridgehead atoms. The summed E-state index contributed by atoms with van der Waals surface area (Å²) in [6.45, 7) is 5.70. The van der Waals surface area contributed by atoms with Gasteiger partial charge >= 0.3 is 0 Å². The largest absolute Gasteiger partial charge is 0.375 e. The van der Waals surface area contributed by atoms with Crippen molar-refractivity contribution < 1.29 is 4.74 Å². The second-order valence-electron chi connectivity index (χ2n) is 4.82. The lowest BCUT2D eigenvalue weighted by Gasteiger charge is -2.35. The third-order valence-corrected chi connectivity index (χ3v) is 2.91. The average molecular weight is 225 g/mol. The molecule has 1 aliphatic rings. The summed E-state index contributed by atoms with van der Waals surface area (Å²) in [5.41, 5.74) is -0.0776. The van der Waals surface area contributed by atoms with Gasteiger partial charge in [-0.15, -0.1) is 5.10 Å². The second-order valence-corrected chi connectivity index (χ2v) is 4.82. The Hall–Kier alpha value is -1.01. The number of aromatic nitrogens is 4. The Morgan fingerprint density at radius 3 is 3.06 bits per heavy atom. The van der Waals surface area contributed by atoms with Crippen LogP contribution in [0.15, 0.2) is 0 Å². The van der Waals surface area contributed by atoms with Crippen molar-refractivity contribution in [2.24, 2.45) is 0 Å². The van der Waals surface area contributed by atoms with Crippen LogP contribution in [-0.2, 0) is 11.3 Å². The third-order valence-electron chi connectivity index (χ3n) is 2.91. The van der Waals surface area contributed by atoms with Gasteiger partial charge in [-0.05, 0) is 44.2 Å². The Morgan fingerprint density at radius 2 is 2.38 bits per heavy atom. The molecule has 0 aliphatic carbocycles. The fourth-order valence-corrected chi connectivity index (χ4v) is 2.18. The molecule has 0 aromatic carbocycles. The first-order valence-electron chi connectivity index (χ1n) is 5.68. The van der Waals surface area contributed by atoms with Crippen LogP contribution in [0.2, 0.25) is 0 Å². The number of nitrogens with one attached hydrogen (secondary N) is 1. The van der Waals surface area contributed by atoms with Gasteiger partial charge in [0.15, 0.2) is 5.82 Å². The van der Waals surface area contributed by atoms with Crippen LogP contribution >= 0.6 is 0 Å². The van der Waals surface area contributed by atoms with Crippen LogP contribution in [-0.4, -0.2) is 39.5 Å². The van der Waals surface area contributed by atoms with Crippen LogP contribution in [0.4, 0.5) is 0 Å². The van der Waals surface area contributed by atoms with Crippen LogP contribution in [0.25, 0.3) is 0 Å². The fourth-order valence-electron chi connectivity index (χ4n) is 2.18. The third kappa shape index (κ3) is 2.38. The van der Waals surface area contributed by atoms with E-state index in [-0.39, 0.29) is 5.60 Å². The first-order chi connectivity index (χ1) is 7.62. The molecular formula is C10H19N5O. The van der Waals surface area contributed by atoms with Crippen molar-refractivity contribution >= 4 is 0 Å². The monoisotopic (exact) mass is 225 g/mol. The van der Waals surface area contributed by atoms with E-state index in [1.54, 1.807) is 0 Å². The average Bonchev–Trinajstić information content (AvgIpc) is 2.65. The summed E-state index contributed by atoms with van der Waals surface area (Å²) < 4.78 is 7.63. The molecule has 6 nitrogen and oxygen atoms in total. The molecule has 90 valence electrons. The number of hydrogen-bond acceptors (Lipinski definition) is 5. The van der Waals surface area contributed by atoms with Crippen LogP contribution in [0.3, 0.4) is 0 Å². The summed E-state index contributed by atoms with van der Waals surface area (Å²) >= 11 is 0. The Morgan fingerprint density at radius 1 is 1.56 bits per heavy atom. The summed E-state index contributed by atoms with van der Waals surface area (Å²) in [7, 11) is 1.90. The van der Waals surface area contributed by atoms with E-state index >= 15 is 0 Å². The zero-order chi connectivity index (χ0) is 11.6. The Bertz CT molecular complexity index is 349. The van der Waals surface area contributed by atoms with Gasteiger partial charge < -0.3 is 10.1 Å². The maximum Gasteiger partial charge on any atom is 0.165 e. The van der Waals surface area contributed by atoms with E-state index in [4.69, 9.17) is 4.74 Å². The van der Waals surface area contributed by atoms with E-state index in [1.807, 2.05) is 11.7 Å². The molecular weight excluding hydrogens is 206 g/mol. The summed E-state index contributed by atoms with van der Waals surface area (Å²) in [5, 5.41) is 14.9.